The largest absolute Gasteiger partial charge is 0.313 e. The minimum absolute atomic E-state index is 0.628. The fraction of sp³-hybridized carbons (Fsp3) is 1.00. The normalized spacial score (nSPS) is 13.8. The lowest BCUT2D eigenvalue weighted by Gasteiger charge is -2.21. The minimum atomic E-state index is 0.628. The van der Waals surface area contributed by atoms with Crippen molar-refractivity contribution in [2.75, 3.05) is 46.8 Å². The lowest BCUT2D eigenvalue weighted by atomic mass is 10.2. The SMILES string of the molecule is CCN(CC)CCNC(C)CCN(C)C. The molecular formula is C12H29N3. The molecular weight excluding hydrogens is 186 g/mol. The summed E-state index contributed by atoms with van der Waals surface area (Å²) < 4.78 is 0. The average molecular weight is 215 g/mol. The first-order valence-electron chi connectivity index (χ1n) is 6.20. The second kappa shape index (κ2) is 9.13. The molecule has 3 nitrogen and oxygen atoms in total. The Morgan fingerprint density at radius 2 is 1.67 bits per heavy atom. The van der Waals surface area contributed by atoms with Crippen molar-refractivity contribution >= 4 is 0 Å². The molecule has 0 aliphatic carbocycles. The van der Waals surface area contributed by atoms with Crippen molar-refractivity contribution in [3.05, 3.63) is 0 Å². The first-order valence-corrected chi connectivity index (χ1v) is 6.20. The highest BCUT2D eigenvalue weighted by molar-refractivity contribution is 4.64. The van der Waals surface area contributed by atoms with E-state index >= 15 is 0 Å². The second-order valence-electron chi connectivity index (χ2n) is 4.47. The molecule has 0 amide bonds. The zero-order valence-corrected chi connectivity index (χ0v) is 11.2. The van der Waals surface area contributed by atoms with E-state index in [-0.39, 0.29) is 0 Å². The summed E-state index contributed by atoms with van der Waals surface area (Å²) in [4.78, 5) is 4.69. The molecule has 0 saturated heterocycles. The van der Waals surface area contributed by atoms with E-state index in [1.165, 1.54) is 19.5 Å². The number of nitrogens with zero attached hydrogens (tertiary/aromatic N) is 2. The van der Waals surface area contributed by atoms with Gasteiger partial charge in [0.1, 0.15) is 0 Å². The van der Waals surface area contributed by atoms with E-state index in [9.17, 15) is 0 Å². The highest BCUT2D eigenvalue weighted by Crippen LogP contribution is 1.92. The maximum absolute atomic E-state index is 3.57. The molecule has 0 fully saturated rings. The van der Waals surface area contributed by atoms with Crippen molar-refractivity contribution in [2.24, 2.45) is 0 Å². The van der Waals surface area contributed by atoms with E-state index in [1.54, 1.807) is 0 Å². The van der Waals surface area contributed by atoms with Crippen LogP contribution in [0.3, 0.4) is 0 Å². The van der Waals surface area contributed by atoms with E-state index < -0.39 is 0 Å². The zero-order chi connectivity index (χ0) is 11.7. The van der Waals surface area contributed by atoms with Gasteiger partial charge in [-0.2, -0.15) is 0 Å². The molecule has 15 heavy (non-hydrogen) atoms. The maximum atomic E-state index is 3.57. The van der Waals surface area contributed by atoms with Crippen molar-refractivity contribution in [3.63, 3.8) is 0 Å². The third-order valence-corrected chi connectivity index (χ3v) is 2.82. The van der Waals surface area contributed by atoms with Crippen LogP contribution in [-0.2, 0) is 0 Å². The number of rotatable bonds is 9. The lowest BCUT2D eigenvalue weighted by molar-refractivity contribution is 0.292. The molecule has 1 atom stereocenters. The predicted octanol–water partition coefficient (Wildman–Crippen LogP) is 1.26. The number of nitrogens with one attached hydrogen (secondary N) is 1. The van der Waals surface area contributed by atoms with Crippen LogP contribution in [0.15, 0.2) is 0 Å². The van der Waals surface area contributed by atoms with E-state index in [1.807, 2.05) is 0 Å². The average Bonchev–Trinajstić information content (AvgIpc) is 2.21. The molecule has 92 valence electrons. The van der Waals surface area contributed by atoms with Gasteiger partial charge < -0.3 is 15.1 Å². The van der Waals surface area contributed by atoms with E-state index in [2.05, 4.69) is 50.0 Å². The van der Waals surface area contributed by atoms with Crippen molar-refractivity contribution in [1.29, 1.82) is 0 Å². The third kappa shape index (κ3) is 8.85. The summed E-state index contributed by atoms with van der Waals surface area (Å²) in [6.45, 7) is 12.5. The highest BCUT2D eigenvalue weighted by atomic mass is 15.1. The Labute approximate surface area is 95.8 Å². The summed E-state index contributed by atoms with van der Waals surface area (Å²) in [6, 6.07) is 0.628. The highest BCUT2D eigenvalue weighted by Gasteiger charge is 2.03. The Morgan fingerprint density at radius 3 is 2.13 bits per heavy atom. The Kier molecular flexibility index (Phi) is 9.06. The molecule has 0 aromatic carbocycles. The summed E-state index contributed by atoms with van der Waals surface area (Å²) >= 11 is 0. The smallest absolute Gasteiger partial charge is 0.0107 e. The predicted molar refractivity (Wildman–Crippen MR) is 68.4 cm³/mol. The van der Waals surface area contributed by atoms with Crippen molar-refractivity contribution in [1.82, 2.24) is 15.1 Å². The molecule has 0 radical (unpaired) electrons. The van der Waals surface area contributed by atoms with Gasteiger partial charge in [0.15, 0.2) is 0 Å². The molecule has 1 unspecified atom stereocenters. The van der Waals surface area contributed by atoms with Gasteiger partial charge in [-0.05, 0) is 47.1 Å². The van der Waals surface area contributed by atoms with E-state index in [0.717, 1.165) is 19.6 Å². The Hall–Kier alpha value is -0.120. The molecule has 0 aliphatic heterocycles. The Balaban J connectivity index is 3.41. The molecule has 1 N–H and O–H groups in total. The summed E-state index contributed by atoms with van der Waals surface area (Å²) in [6.07, 6.45) is 1.23. The van der Waals surface area contributed by atoms with Gasteiger partial charge in [-0.15, -0.1) is 0 Å². The zero-order valence-electron chi connectivity index (χ0n) is 11.2. The summed E-state index contributed by atoms with van der Waals surface area (Å²) in [5.41, 5.74) is 0. The van der Waals surface area contributed by atoms with Crippen molar-refractivity contribution in [3.8, 4) is 0 Å². The number of likely N-dealkylation sites (N-methyl/N-ethyl adjacent to an activating group) is 1. The van der Waals surface area contributed by atoms with Crippen molar-refractivity contribution in [2.45, 2.75) is 33.2 Å². The van der Waals surface area contributed by atoms with Crippen molar-refractivity contribution < 1.29 is 0 Å². The number of hydrogen-bond acceptors (Lipinski definition) is 3. The van der Waals surface area contributed by atoms with Gasteiger partial charge >= 0.3 is 0 Å². The monoisotopic (exact) mass is 215 g/mol. The van der Waals surface area contributed by atoms with Gasteiger partial charge in [-0.25, -0.2) is 0 Å². The van der Waals surface area contributed by atoms with Gasteiger partial charge in [-0.3, -0.25) is 0 Å². The van der Waals surface area contributed by atoms with Crippen LogP contribution in [0.25, 0.3) is 0 Å². The second-order valence-corrected chi connectivity index (χ2v) is 4.47. The molecule has 0 aromatic rings. The van der Waals surface area contributed by atoms with Gasteiger partial charge in [0.25, 0.3) is 0 Å². The van der Waals surface area contributed by atoms with Crippen LogP contribution in [0, 0.1) is 0 Å². The lowest BCUT2D eigenvalue weighted by Crippen LogP contribution is -2.37. The molecule has 0 heterocycles. The first-order chi connectivity index (χ1) is 7.10. The molecule has 0 rings (SSSR count). The molecule has 0 bridgehead atoms. The third-order valence-electron chi connectivity index (χ3n) is 2.82. The topological polar surface area (TPSA) is 18.5 Å². The summed E-state index contributed by atoms with van der Waals surface area (Å²) in [7, 11) is 4.26. The van der Waals surface area contributed by atoms with Crippen LogP contribution >= 0.6 is 0 Å². The Bertz CT molecular complexity index is 133. The van der Waals surface area contributed by atoms with Gasteiger partial charge in [0.05, 0.1) is 0 Å². The van der Waals surface area contributed by atoms with Gasteiger partial charge in [-0.1, -0.05) is 13.8 Å². The molecule has 0 aromatic heterocycles. The fourth-order valence-electron chi connectivity index (χ4n) is 1.56. The molecule has 0 aliphatic rings. The molecule has 0 saturated carbocycles. The van der Waals surface area contributed by atoms with Crippen LogP contribution in [0.1, 0.15) is 27.2 Å². The van der Waals surface area contributed by atoms with E-state index in [4.69, 9.17) is 0 Å². The molecule has 3 heteroatoms. The quantitative estimate of drug-likeness (QED) is 0.625. The van der Waals surface area contributed by atoms with Gasteiger partial charge in [0.2, 0.25) is 0 Å². The van der Waals surface area contributed by atoms with Crippen LogP contribution < -0.4 is 5.32 Å². The van der Waals surface area contributed by atoms with Crippen LogP contribution in [-0.4, -0.2) is 62.7 Å². The standard InChI is InChI=1S/C12H29N3/c1-6-15(7-2)11-9-13-12(3)8-10-14(4)5/h12-13H,6-11H2,1-5H3. The summed E-state index contributed by atoms with van der Waals surface area (Å²) in [5, 5.41) is 3.57. The summed E-state index contributed by atoms with van der Waals surface area (Å²) in [5.74, 6) is 0. The Morgan fingerprint density at radius 1 is 1.07 bits per heavy atom. The minimum Gasteiger partial charge on any atom is -0.313 e. The van der Waals surface area contributed by atoms with Crippen LogP contribution in [0.5, 0.6) is 0 Å². The van der Waals surface area contributed by atoms with E-state index in [0.29, 0.717) is 6.04 Å². The molecule has 0 spiro atoms. The van der Waals surface area contributed by atoms with Crippen LogP contribution in [0.4, 0.5) is 0 Å². The van der Waals surface area contributed by atoms with Crippen LogP contribution in [0.2, 0.25) is 0 Å². The van der Waals surface area contributed by atoms with Gasteiger partial charge in [0, 0.05) is 19.1 Å². The first kappa shape index (κ1) is 14.9. The fourth-order valence-corrected chi connectivity index (χ4v) is 1.56. The number of hydrogen-bond donors (Lipinski definition) is 1. The maximum Gasteiger partial charge on any atom is 0.0107 e.